The van der Waals surface area contributed by atoms with Gasteiger partial charge in [-0.15, -0.1) is 0 Å². The predicted octanol–water partition coefficient (Wildman–Crippen LogP) is 0.0892. The first-order chi connectivity index (χ1) is 7.07. The van der Waals surface area contributed by atoms with E-state index in [1.165, 1.54) is 0 Å². The third-order valence-corrected chi connectivity index (χ3v) is 3.93. The number of likely N-dealkylation sites (tertiary alicyclic amines) is 1. The maximum atomic E-state index is 11.9. The second-order valence-corrected chi connectivity index (χ2v) is 5.12. The molecule has 2 rings (SSSR count). The highest BCUT2D eigenvalue weighted by molar-refractivity contribution is 5.78. The zero-order valence-electron chi connectivity index (χ0n) is 9.75. The van der Waals surface area contributed by atoms with Crippen molar-refractivity contribution in [3.8, 4) is 0 Å². The fraction of sp³-hybridized carbons (Fsp3) is 0.909. The summed E-state index contributed by atoms with van der Waals surface area (Å²) in [5, 5.41) is 3.40. The second-order valence-electron chi connectivity index (χ2n) is 5.12. The Kier molecular flexibility index (Phi) is 2.73. The van der Waals surface area contributed by atoms with Crippen LogP contribution in [-0.2, 0) is 9.53 Å². The van der Waals surface area contributed by atoms with Crippen molar-refractivity contribution < 1.29 is 9.53 Å². The molecule has 0 aromatic rings. The second kappa shape index (κ2) is 3.76. The lowest BCUT2D eigenvalue weighted by Gasteiger charge is -2.35. The van der Waals surface area contributed by atoms with Crippen LogP contribution in [0.3, 0.4) is 0 Å². The van der Waals surface area contributed by atoms with Gasteiger partial charge in [0.15, 0.2) is 0 Å². The van der Waals surface area contributed by atoms with Gasteiger partial charge >= 0.3 is 0 Å². The summed E-state index contributed by atoms with van der Waals surface area (Å²) >= 11 is 0. The number of hydrogen-bond donors (Lipinski definition) is 1. The highest BCUT2D eigenvalue weighted by Gasteiger charge is 2.50. The van der Waals surface area contributed by atoms with Crippen LogP contribution in [0.15, 0.2) is 0 Å². The van der Waals surface area contributed by atoms with Crippen molar-refractivity contribution in [2.75, 3.05) is 33.4 Å². The Morgan fingerprint density at radius 2 is 2.27 bits per heavy atom. The van der Waals surface area contributed by atoms with Crippen LogP contribution in [0.5, 0.6) is 0 Å². The largest absolute Gasteiger partial charge is 0.375 e. The SMILES string of the molecule is COCC(=O)N1CC2CNCC2C1(C)C. The molecule has 2 saturated heterocycles. The van der Waals surface area contributed by atoms with E-state index >= 15 is 0 Å². The molecule has 0 bridgehead atoms. The maximum Gasteiger partial charge on any atom is 0.249 e. The molecule has 2 fully saturated rings. The number of amides is 1. The monoisotopic (exact) mass is 212 g/mol. The summed E-state index contributed by atoms with van der Waals surface area (Å²) in [6, 6.07) is 0. The van der Waals surface area contributed by atoms with Crippen LogP contribution < -0.4 is 5.32 Å². The first kappa shape index (κ1) is 10.9. The number of methoxy groups -OCH3 is 1. The van der Waals surface area contributed by atoms with E-state index in [9.17, 15) is 4.79 Å². The van der Waals surface area contributed by atoms with Gasteiger partial charge in [-0.3, -0.25) is 4.79 Å². The summed E-state index contributed by atoms with van der Waals surface area (Å²) in [4.78, 5) is 13.9. The number of nitrogens with zero attached hydrogens (tertiary/aromatic N) is 1. The maximum absolute atomic E-state index is 11.9. The van der Waals surface area contributed by atoms with Gasteiger partial charge < -0.3 is 15.0 Å². The lowest BCUT2D eigenvalue weighted by molar-refractivity contribution is -0.139. The molecule has 0 aliphatic carbocycles. The van der Waals surface area contributed by atoms with Crippen LogP contribution >= 0.6 is 0 Å². The average Bonchev–Trinajstić information content (AvgIpc) is 2.69. The zero-order valence-corrected chi connectivity index (χ0v) is 9.75. The summed E-state index contributed by atoms with van der Waals surface area (Å²) in [7, 11) is 1.57. The van der Waals surface area contributed by atoms with Gasteiger partial charge in [0, 0.05) is 32.3 Å². The number of carbonyl (C=O) groups excluding carboxylic acids is 1. The molecule has 0 aromatic carbocycles. The summed E-state index contributed by atoms with van der Waals surface area (Å²) in [5.41, 5.74) is -0.0240. The van der Waals surface area contributed by atoms with Gasteiger partial charge in [0.1, 0.15) is 6.61 Å². The van der Waals surface area contributed by atoms with Crippen molar-refractivity contribution in [1.82, 2.24) is 10.2 Å². The van der Waals surface area contributed by atoms with Crippen molar-refractivity contribution in [2.45, 2.75) is 19.4 Å². The van der Waals surface area contributed by atoms with Crippen LogP contribution in [0.2, 0.25) is 0 Å². The van der Waals surface area contributed by atoms with E-state index in [-0.39, 0.29) is 18.1 Å². The Morgan fingerprint density at radius 1 is 1.53 bits per heavy atom. The smallest absolute Gasteiger partial charge is 0.249 e. The fourth-order valence-corrected chi connectivity index (χ4v) is 3.05. The summed E-state index contributed by atoms with van der Waals surface area (Å²) in [5.74, 6) is 1.34. The number of ether oxygens (including phenoxy) is 1. The molecule has 2 aliphatic rings. The van der Waals surface area contributed by atoms with Crippen molar-refractivity contribution in [3.05, 3.63) is 0 Å². The van der Waals surface area contributed by atoms with E-state index in [1.807, 2.05) is 4.90 Å². The van der Waals surface area contributed by atoms with Crippen LogP contribution in [-0.4, -0.2) is 49.7 Å². The molecule has 2 heterocycles. The van der Waals surface area contributed by atoms with Gasteiger partial charge in [-0.2, -0.15) is 0 Å². The van der Waals surface area contributed by atoms with Crippen molar-refractivity contribution >= 4 is 5.91 Å². The molecular formula is C11H20N2O2. The molecule has 2 aliphatic heterocycles. The standard InChI is InChI=1S/C11H20N2O2/c1-11(2)9-5-12-4-8(9)6-13(11)10(14)7-15-3/h8-9,12H,4-7H2,1-3H3. The van der Waals surface area contributed by atoms with E-state index in [0.29, 0.717) is 11.8 Å². The number of rotatable bonds is 2. The molecule has 0 saturated carbocycles. The first-order valence-corrected chi connectivity index (χ1v) is 5.57. The van der Waals surface area contributed by atoms with Crippen LogP contribution in [0.1, 0.15) is 13.8 Å². The van der Waals surface area contributed by atoms with Crippen LogP contribution in [0.25, 0.3) is 0 Å². The summed E-state index contributed by atoms with van der Waals surface area (Å²) in [6.45, 7) is 7.50. The number of nitrogens with one attached hydrogen (secondary N) is 1. The molecule has 86 valence electrons. The van der Waals surface area contributed by atoms with Crippen LogP contribution in [0, 0.1) is 11.8 Å². The minimum Gasteiger partial charge on any atom is -0.375 e. The fourth-order valence-electron chi connectivity index (χ4n) is 3.05. The Hall–Kier alpha value is -0.610. The minimum atomic E-state index is -0.0240. The van der Waals surface area contributed by atoms with Crippen molar-refractivity contribution in [1.29, 1.82) is 0 Å². The number of fused-ring (bicyclic) bond motifs is 1. The van der Waals surface area contributed by atoms with Gasteiger partial charge in [-0.25, -0.2) is 0 Å². The van der Waals surface area contributed by atoms with Crippen molar-refractivity contribution in [3.63, 3.8) is 0 Å². The molecule has 4 heteroatoms. The quantitative estimate of drug-likeness (QED) is 0.705. The molecule has 0 spiro atoms. The molecule has 0 aromatic heterocycles. The molecule has 2 atom stereocenters. The van der Waals surface area contributed by atoms with E-state index in [4.69, 9.17) is 4.74 Å². The Labute approximate surface area is 91.0 Å². The Morgan fingerprint density at radius 3 is 2.87 bits per heavy atom. The minimum absolute atomic E-state index is 0.0240. The Balaban J connectivity index is 2.11. The highest BCUT2D eigenvalue weighted by Crippen LogP contribution is 2.40. The summed E-state index contributed by atoms with van der Waals surface area (Å²) in [6.07, 6.45) is 0. The third kappa shape index (κ3) is 1.66. The lowest BCUT2D eigenvalue weighted by Crippen LogP contribution is -2.48. The third-order valence-electron chi connectivity index (χ3n) is 3.93. The number of carbonyl (C=O) groups is 1. The van der Waals surface area contributed by atoms with Gasteiger partial charge in [-0.05, 0) is 25.7 Å². The van der Waals surface area contributed by atoms with E-state index in [1.54, 1.807) is 7.11 Å². The van der Waals surface area contributed by atoms with E-state index in [2.05, 4.69) is 19.2 Å². The average molecular weight is 212 g/mol. The first-order valence-electron chi connectivity index (χ1n) is 5.57. The van der Waals surface area contributed by atoms with Gasteiger partial charge in [-0.1, -0.05) is 0 Å². The number of hydrogen-bond acceptors (Lipinski definition) is 3. The van der Waals surface area contributed by atoms with Crippen molar-refractivity contribution in [2.24, 2.45) is 11.8 Å². The van der Waals surface area contributed by atoms with Crippen LogP contribution in [0.4, 0.5) is 0 Å². The molecule has 15 heavy (non-hydrogen) atoms. The predicted molar refractivity (Wildman–Crippen MR) is 57.5 cm³/mol. The summed E-state index contributed by atoms with van der Waals surface area (Å²) < 4.78 is 4.92. The van der Waals surface area contributed by atoms with Gasteiger partial charge in [0.05, 0.1) is 0 Å². The molecule has 1 N–H and O–H groups in total. The molecular weight excluding hydrogens is 192 g/mol. The Bertz CT molecular complexity index is 265. The normalized spacial score (nSPS) is 33.1. The lowest BCUT2D eigenvalue weighted by atomic mass is 9.85. The van der Waals surface area contributed by atoms with E-state index in [0.717, 1.165) is 19.6 Å². The molecule has 2 unspecified atom stereocenters. The molecule has 1 amide bonds. The van der Waals surface area contributed by atoms with Gasteiger partial charge in [0.25, 0.3) is 0 Å². The highest BCUT2D eigenvalue weighted by atomic mass is 16.5. The molecule has 0 radical (unpaired) electrons. The van der Waals surface area contributed by atoms with Gasteiger partial charge in [0.2, 0.25) is 5.91 Å². The topological polar surface area (TPSA) is 41.6 Å². The van der Waals surface area contributed by atoms with E-state index < -0.39 is 0 Å². The molecule has 4 nitrogen and oxygen atoms in total. The zero-order chi connectivity index (χ0) is 11.1.